The van der Waals surface area contributed by atoms with E-state index in [0.717, 1.165) is 18.9 Å². The molecule has 1 saturated carbocycles. The molecule has 1 unspecified atom stereocenters. The van der Waals surface area contributed by atoms with Crippen molar-refractivity contribution < 1.29 is 17.9 Å². The van der Waals surface area contributed by atoms with Crippen molar-refractivity contribution in [3.8, 4) is 11.8 Å². The summed E-state index contributed by atoms with van der Waals surface area (Å²) in [5.74, 6) is 4.92. The second kappa shape index (κ2) is 6.56. The Hall–Kier alpha value is -1.42. The van der Waals surface area contributed by atoms with Crippen molar-refractivity contribution in [3.05, 3.63) is 29.6 Å². The summed E-state index contributed by atoms with van der Waals surface area (Å²) in [5, 5.41) is 8.57. The van der Waals surface area contributed by atoms with Crippen molar-refractivity contribution in [1.29, 1.82) is 0 Å². The zero-order chi connectivity index (χ0) is 15.5. The van der Waals surface area contributed by atoms with Crippen LogP contribution in [0, 0.1) is 29.5 Å². The SMILES string of the molecule is CC(CNS(=O)(=O)c1ccc(C#CCO)c(F)c1)C1CC1. The lowest BCUT2D eigenvalue weighted by Gasteiger charge is -2.12. The van der Waals surface area contributed by atoms with E-state index < -0.39 is 15.8 Å². The summed E-state index contributed by atoms with van der Waals surface area (Å²) in [6.07, 6.45) is 2.30. The normalized spacial score (nSPS) is 16.1. The molecule has 21 heavy (non-hydrogen) atoms. The lowest BCUT2D eigenvalue weighted by atomic mass is 10.1. The topological polar surface area (TPSA) is 66.4 Å². The maximum Gasteiger partial charge on any atom is 0.240 e. The molecule has 1 aromatic carbocycles. The number of rotatable bonds is 5. The zero-order valence-corrected chi connectivity index (χ0v) is 12.6. The molecule has 6 heteroatoms. The fourth-order valence-electron chi connectivity index (χ4n) is 2.06. The molecule has 0 heterocycles. The molecule has 1 atom stereocenters. The van der Waals surface area contributed by atoms with Gasteiger partial charge in [0.15, 0.2) is 0 Å². The van der Waals surface area contributed by atoms with Gasteiger partial charge in [-0.25, -0.2) is 17.5 Å². The van der Waals surface area contributed by atoms with Crippen LogP contribution in [0.2, 0.25) is 0 Å². The first-order chi connectivity index (χ1) is 9.94. The molecule has 0 amide bonds. The van der Waals surface area contributed by atoms with Gasteiger partial charge < -0.3 is 5.11 Å². The average Bonchev–Trinajstić information content (AvgIpc) is 3.28. The van der Waals surface area contributed by atoms with Gasteiger partial charge in [-0.3, -0.25) is 0 Å². The Kier molecular flexibility index (Phi) is 4.99. The molecule has 1 aromatic rings. The number of halogens is 1. The lowest BCUT2D eigenvalue weighted by molar-refractivity contribution is 0.350. The molecule has 0 spiro atoms. The van der Waals surface area contributed by atoms with Gasteiger partial charge in [-0.2, -0.15) is 0 Å². The summed E-state index contributed by atoms with van der Waals surface area (Å²) < 4.78 is 40.5. The van der Waals surface area contributed by atoms with Crippen LogP contribution in [0.15, 0.2) is 23.1 Å². The van der Waals surface area contributed by atoms with Crippen LogP contribution >= 0.6 is 0 Å². The molecule has 0 saturated heterocycles. The van der Waals surface area contributed by atoms with Crippen LogP contribution in [0.25, 0.3) is 0 Å². The fourth-order valence-corrected chi connectivity index (χ4v) is 3.21. The summed E-state index contributed by atoms with van der Waals surface area (Å²) in [6.45, 7) is 2.00. The summed E-state index contributed by atoms with van der Waals surface area (Å²) >= 11 is 0. The predicted molar refractivity (Wildman–Crippen MR) is 77.4 cm³/mol. The van der Waals surface area contributed by atoms with Crippen molar-refractivity contribution in [1.82, 2.24) is 4.72 Å². The largest absolute Gasteiger partial charge is 0.384 e. The molecule has 0 bridgehead atoms. The van der Waals surface area contributed by atoms with Crippen LogP contribution in [-0.2, 0) is 10.0 Å². The van der Waals surface area contributed by atoms with Gasteiger partial charge in [-0.05, 0) is 42.9 Å². The van der Waals surface area contributed by atoms with Crippen molar-refractivity contribution in [3.63, 3.8) is 0 Å². The second-order valence-corrected chi connectivity index (χ2v) is 7.04. The molecule has 1 fully saturated rings. The first kappa shape index (κ1) is 16.0. The number of aliphatic hydroxyl groups excluding tert-OH is 1. The number of hydrogen-bond donors (Lipinski definition) is 2. The van der Waals surface area contributed by atoms with E-state index in [9.17, 15) is 12.8 Å². The second-order valence-electron chi connectivity index (χ2n) is 5.27. The van der Waals surface area contributed by atoms with Crippen LogP contribution in [0.5, 0.6) is 0 Å². The highest BCUT2D eigenvalue weighted by atomic mass is 32.2. The van der Waals surface area contributed by atoms with E-state index in [2.05, 4.69) is 16.6 Å². The van der Waals surface area contributed by atoms with Gasteiger partial charge in [0.2, 0.25) is 10.0 Å². The van der Waals surface area contributed by atoms with Crippen LogP contribution in [0.1, 0.15) is 25.3 Å². The Labute approximate surface area is 124 Å². The minimum atomic E-state index is -3.71. The molecule has 2 N–H and O–H groups in total. The van der Waals surface area contributed by atoms with Gasteiger partial charge in [0.1, 0.15) is 12.4 Å². The highest BCUT2D eigenvalue weighted by molar-refractivity contribution is 7.89. The Balaban J connectivity index is 2.10. The minimum Gasteiger partial charge on any atom is -0.384 e. The Morgan fingerprint density at radius 3 is 2.76 bits per heavy atom. The molecule has 0 radical (unpaired) electrons. The molecule has 1 aliphatic rings. The molecule has 0 aliphatic heterocycles. The summed E-state index contributed by atoms with van der Waals surface area (Å²) in [5.41, 5.74) is 0.0642. The number of nitrogens with one attached hydrogen (secondary N) is 1. The predicted octanol–water partition coefficient (Wildman–Crippen LogP) is 1.49. The first-order valence-corrected chi connectivity index (χ1v) is 8.31. The fraction of sp³-hybridized carbons (Fsp3) is 0.467. The molecular formula is C15H18FNO3S. The molecule has 4 nitrogen and oxygen atoms in total. The van der Waals surface area contributed by atoms with E-state index in [-0.39, 0.29) is 17.1 Å². The van der Waals surface area contributed by atoms with Crippen molar-refractivity contribution in [2.24, 2.45) is 11.8 Å². The van der Waals surface area contributed by atoms with Crippen LogP contribution in [0.3, 0.4) is 0 Å². The molecule has 2 rings (SSSR count). The highest BCUT2D eigenvalue weighted by Gasteiger charge is 2.28. The minimum absolute atomic E-state index is 0.0642. The maximum atomic E-state index is 13.8. The Morgan fingerprint density at radius 1 is 1.48 bits per heavy atom. The Bertz CT molecular complexity index is 672. The van der Waals surface area contributed by atoms with Crippen LogP contribution in [0.4, 0.5) is 4.39 Å². The maximum absolute atomic E-state index is 13.8. The van der Waals surface area contributed by atoms with E-state index in [0.29, 0.717) is 18.4 Å². The number of aliphatic hydroxyl groups is 1. The van der Waals surface area contributed by atoms with Crippen molar-refractivity contribution >= 4 is 10.0 Å². The lowest BCUT2D eigenvalue weighted by Crippen LogP contribution is -2.29. The van der Waals surface area contributed by atoms with E-state index >= 15 is 0 Å². The molecule has 114 valence electrons. The van der Waals surface area contributed by atoms with E-state index in [4.69, 9.17) is 5.11 Å². The highest BCUT2D eigenvalue weighted by Crippen LogP contribution is 2.36. The summed E-state index contributed by atoms with van der Waals surface area (Å²) in [4.78, 5) is -0.113. The van der Waals surface area contributed by atoms with Gasteiger partial charge in [0.05, 0.1) is 10.5 Å². The molecule has 0 aromatic heterocycles. The quantitative estimate of drug-likeness (QED) is 0.810. The van der Waals surface area contributed by atoms with Gasteiger partial charge in [-0.1, -0.05) is 18.8 Å². The Morgan fingerprint density at radius 2 is 2.19 bits per heavy atom. The number of hydrogen-bond acceptors (Lipinski definition) is 3. The van der Waals surface area contributed by atoms with Gasteiger partial charge in [0.25, 0.3) is 0 Å². The first-order valence-electron chi connectivity index (χ1n) is 6.83. The standard InChI is InChI=1S/C15H18FNO3S/c1-11(12-4-5-12)10-17-21(19,20)14-7-6-13(3-2-8-18)15(16)9-14/h6-7,9,11-12,17-18H,4-5,8,10H2,1H3. The average molecular weight is 311 g/mol. The number of benzene rings is 1. The monoisotopic (exact) mass is 311 g/mol. The van der Waals surface area contributed by atoms with E-state index in [1.165, 1.54) is 12.1 Å². The van der Waals surface area contributed by atoms with Crippen molar-refractivity contribution in [2.45, 2.75) is 24.7 Å². The third kappa shape index (κ3) is 4.27. The van der Waals surface area contributed by atoms with Crippen LogP contribution < -0.4 is 4.72 Å². The number of sulfonamides is 1. The van der Waals surface area contributed by atoms with Gasteiger partial charge in [-0.15, -0.1) is 0 Å². The summed E-state index contributed by atoms with van der Waals surface area (Å²) in [7, 11) is -3.71. The van der Waals surface area contributed by atoms with Crippen molar-refractivity contribution in [2.75, 3.05) is 13.2 Å². The third-order valence-corrected chi connectivity index (χ3v) is 5.00. The molecular weight excluding hydrogens is 293 g/mol. The van der Waals surface area contributed by atoms with Crippen LogP contribution in [-0.4, -0.2) is 26.7 Å². The van der Waals surface area contributed by atoms with E-state index in [1.54, 1.807) is 0 Å². The third-order valence-electron chi connectivity index (χ3n) is 3.58. The smallest absolute Gasteiger partial charge is 0.240 e. The van der Waals surface area contributed by atoms with Gasteiger partial charge >= 0.3 is 0 Å². The van der Waals surface area contributed by atoms with Gasteiger partial charge in [0, 0.05) is 6.54 Å². The summed E-state index contributed by atoms with van der Waals surface area (Å²) in [6, 6.07) is 3.57. The molecule has 1 aliphatic carbocycles. The van der Waals surface area contributed by atoms with E-state index in [1.807, 2.05) is 6.92 Å². The zero-order valence-electron chi connectivity index (χ0n) is 11.8.